The number of benzene rings is 1. The number of aromatic nitrogens is 3. The number of hydrogen-bond donors (Lipinski definition) is 2. The van der Waals surface area contributed by atoms with E-state index in [9.17, 15) is 0 Å². The molecule has 0 saturated carbocycles. The van der Waals surface area contributed by atoms with Gasteiger partial charge < -0.3 is 5.73 Å². The summed E-state index contributed by atoms with van der Waals surface area (Å²) in [6.45, 7) is 0.677. The summed E-state index contributed by atoms with van der Waals surface area (Å²) >= 11 is 5.20. The average molecular weight is 327 g/mol. The summed E-state index contributed by atoms with van der Waals surface area (Å²) in [4.78, 5) is 5.64. The van der Waals surface area contributed by atoms with E-state index in [1.807, 2.05) is 12.1 Å². The minimum absolute atomic E-state index is 0.677. The van der Waals surface area contributed by atoms with Gasteiger partial charge in [-0.1, -0.05) is 22.0 Å². The molecular weight excluding hydrogens is 312 g/mol. The Labute approximate surface area is 119 Å². The maximum Gasteiger partial charge on any atom is 0.150 e. The van der Waals surface area contributed by atoms with Gasteiger partial charge in [0, 0.05) is 15.8 Å². The van der Waals surface area contributed by atoms with Gasteiger partial charge in [-0.2, -0.15) is 5.10 Å². The number of aryl methyl sites for hydroxylation is 1. The van der Waals surface area contributed by atoms with Crippen LogP contribution in [0.3, 0.4) is 0 Å². The maximum absolute atomic E-state index is 5.46. The summed E-state index contributed by atoms with van der Waals surface area (Å²) in [6, 6.07) is 8.22. The number of rotatable bonds is 6. The van der Waals surface area contributed by atoms with E-state index in [1.165, 1.54) is 4.90 Å². The maximum atomic E-state index is 5.46. The molecule has 0 bridgehead atoms. The molecule has 4 nitrogen and oxygen atoms in total. The van der Waals surface area contributed by atoms with E-state index in [-0.39, 0.29) is 0 Å². The molecule has 1 aromatic heterocycles. The molecule has 3 N–H and O–H groups in total. The molecular formula is C12H15BrN4S. The van der Waals surface area contributed by atoms with Crippen molar-refractivity contribution < 1.29 is 0 Å². The number of halogens is 1. The first-order valence-corrected chi connectivity index (χ1v) is 7.54. The zero-order valence-corrected chi connectivity index (χ0v) is 12.3. The van der Waals surface area contributed by atoms with Gasteiger partial charge in [-0.25, -0.2) is 4.98 Å². The molecule has 0 radical (unpaired) electrons. The molecule has 6 heteroatoms. The molecule has 0 unspecified atom stereocenters. The first-order valence-electron chi connectivity index (χ1n) is 5.76. The predicted octanol–water partition coefficient (Wildman–Crippen LogP) is 2.75. The van der Waals surface area contributed by atoms with E-state index in [0.29, 0.717) is 6.54 Å². The SMILES string of the molecule is NCCCc1n[nH]c(CSc2cccc(Br)c2)n1. The molecule has 1 aromatic carbocycles. The van der Waals surface area contributed by atoms with Gasteiger partial charge >= 0.3 is 0 Å². The average Bonchev–Trinajstić information content (AvgIpc) is 2.82. The van der Waals surface area contributed by atoms with Crippen molar-refractivity contribution in [1.29, 1.82) is 0 Å². The summed E-state index contributed by atoms with van der Waals surface area (Å²) in [7, 11) is 0. The monoisotopic (exact) mass is 326 g/mol. The highest BCUT2D eigenvalue weighted by atomic mass is 79.9. The van der Waals surface area contributed by atoms with Gasteiger partial charge in [-0.15, -0.1) is 11.8 Å². The molecule has 0 aliphatic heterocycles. The van der Waals surface area contributed by atoms with Crippen LogP contribution in [0.5, 0.6) is 0 Å². The lowest BCUT2D eigenvalue weighted by molar-refractivity contribution is 0.785. The van der Waals surface area contributed by atoms with Gasteiger partial charge in [0.25, 0.3) is 0 Å². The lowest BCUT2D eigenvalue weighted by Crippen LogP contribution is -2.01. The number of nitrogens with zero attached hydrogens (tertiary/aromatic N) is 2. The Morgan fingerprint density at radius 1 is 1.39 bits per heavy atom. The molecule has 2 rings (SSSR count). The first-order chi connectivity index (χ1) is 8.78. The van der Waals surface area contributed by atoms with Crippen LogP contribution in [-0.2, 0) is 12.2 Å². The third-order valence-corrected chi connectivity index (χ3v) is 3.85. The Balaban J connectivity index is 1.88. The van der Waals surface area contributed by atoms with Crippen molar-refractivity contribution in [1.82, 2.24) is 15.2 Å². The second-order valence-electron chi connectivity index (χ2n) is 3.84. The number of nitrogens with one attached hydrogen (secondary N) is 1. The van der Waals surface area contributed by atoms with E-state index < -0.39 is 0 Å². The van der Waals surface area contributed by atoms with Gasteiger partial charge in [0.05, 0.1) is 5.75 Å². The van der Waals surface area contributed by atoms with Crippen LogP contribution < -0.4 is 5.73 Å². The van der Waals surface area contributed by atoms with Crippen molar-refractivity contribution in [2.24, 2.45) is 5.73 Å². The van der Waals surface area contributed by atoms with E-state index in [4.69, 9.17) is 5.73 Å². The highest BCUT2D eigenvalue weighted by Crippen LogP contribution is 2.24. The smallest absolute Gasteiger partial charge is 0.150 e. The largest absolute Gasteiger partial charge is 0.330 e. The fourth-order valence-electron chi connectivity index (χ4n) is 1.48. The van der Waals surface area contributed by atoms with Crippen molar-refractivity contribution in [2.75, 3.05) is 6.54 Å². The van der Waals surface area contributed by atoms with Crippen LogP contribution in [0.4, 0.5) is 0 Å². The van der Waals surface area contributed by atoms with Crippen LogP contribution in [0, 0.1) is 0 Å². The number of aromatic amines is 1. The Kier molecular flexibility index (Phi) is 5.22. The fourth-order valence-corrected chi connectivity index (χ4v) is 2.85. The van der Waals surface area contributed by atoms with E-state index in [1.54, 1.807) is 11.8 Å². The van der Waals surface area contributed by atoms with Crippen LogP contribution in [0.25, 0.3) is 0 Å². The number of nitrogens with two attached hydrogens (primary N) is 1. The van der Waals surface area contributed by atoms with E-state index in [0.717, 1.165) is 34.7 Å². The van der Waals surface area contributed by atoms with Crippen molar-refractivity contribution in [3.8, 4) is 0 Å². The number of hydrogen-bond acceptors (Lipinski definition) is 4. The number of H-pyrrole nitrogens is 1. The first kappa shape index (κ1) is 13.6. The summed E-state index contributed by atoms with van der Waals surface area (Å²) in [6.07, 6.45) is 1.77. The van der Waals surface area contributed by atoms with Crippen molar-refractivity contribution in [2.45, 2.75) is 23.5 Å². The van der Waals surface area contributed by atoms with Crippen LogP contribution >= 0.6 is 27.7 Å². The van der Waals surface area contributed by atoms with Crippen molar-refractivity contribution in [3.63, 3.8) is 0 Å². The van der Waals surface area contributed by atoms with Crippen LogP contribution in [0.2, 0.25) is 0 Å². The fraction of sp³-hybridized carbons (Fsp3) is 0.333. The molecule has 0 saturated heterocycles. The third-order valence-electron chi connectivity index (χ3n) is 2.35. The molecule has 0 atom stereocenters. The topological polar surface area (TPSA) is 67.6 Å². The van der Waals surface area contributed by atoms with Crippen LogP contribution in [-0.4, -0.2) is 21.7 Å². The molecule has 96 valence electrons. The highest BCUT2D eigenvalue weighted by molar-refractivity contribution is 9.10. The van der Waals surface area contributed by atoms with Crippen molar-refractivity contribution >= 4 is 27.7 Å². The van der Waals surface area contributed by atoms with Crippen molar-refractivity contribution in [3.05, 3.63) is 40.4 Å². The molecule has 0 fully saturated rings. The highest BCUT2D eigenvalue weighted by Gasteiger charge is 2.03. The Hall–Kier alpha value is -0.850. The van der Waals surface area contributed by atoms with Gasteiger partial charge in [0.2, 0.25) is 0 Å². The Morgan fingerprint density at radius 2 is 2.28 bits per heavy atom. The Bertz CT molecular complexity index is 500. The zero-order valence-electron chi connectivity index (χ0n) is 9.90. The second kappa shape index (κ2) is 6.92. The summed E-state index contributed by atoms with van der Waals surface area (Å²) in [5.41, 5.74) is 5.46. The summed E-state index contributed by atoms with van der Waals surface area (Å²) in [5.74, 6) is 2.56. The summed E-state index contributed by atoms with van der Waals surface area (Å²) < 4.78 is 1.09. The van der Waals surface area contributed by atoms with Crippen LogP contribution in [0.15, 0.2) is 33.6 Å². The molecule has 0 amide bonds. The molecule has 1 heterocycles. The summed E-state index contributed by atoms with van der Waals surface area (Å²) in [5, 5.41) is 7.13. The lowest BCUT2D eigenvalue weighted by Gasteiger charge is -1.99. The number of thioether (sulfide) groups is 1. The van der Waals surface area contributed by atoms with Gasteiger partial charge in [-0.05, 0) is 31.2 Å². The van der Waals surface area contributed by atoms with E-state index in [2.05, 4.69) is 43.2 Å². The van der Waals surface area contributed by atoms with Gasteiger partial charge in [0.15, 0.2) is 5.82 Å². The minimum atomic E-state index is 0.677. The predicted molar refractivity (Wildman–Crippen MR) is 77.5 cm³/mol. The second-order valence-corrected chi connectivity index (χ2v) is 5.80. The molecule has 18 heavy (non-hydrogen) atoms. The third kappa shape index (κ3) is 4.12. The minimum Gasteiger partial charge on any atom is -0.330 e. The molecule has 0 aliphatic rings. The quantitative estimate of drug-likeness (QED) is 0.801. The molecule has 0 spiro atoms. The standard InChI is InChI=1S/C12H15BrN4S/c13-9-3-1-4-10(7-9)18-8-12-15-11(16-17-12)5-2-6-14/h1,3-4,7H,2,5-6,8,14H2,(H,15,16,17). The molecule has 0 aliphatic carbocycles. The van der Waals surface area contributed by atoms with E-state index >= 15 is 0 Å². The molecule has 2 aromatic rings. The van der Waals surface area contributed by atoms with Gasteiger partial charge in [-0.3, -0.25) is 5.10 Å². The van der Waals surface area contributed by atoms with Crippen LogP contribution in [0.1, 0.15) is 18.1 Å². The normalized spacial score (nSPS) is 10.8. The lowest BCUT2D eigenvalue weighted by atomic mass is 10.3. The Morgan fingerprint density at radius 3 is 3.06 bits per heavy atom. The zero-order chi connectivity index (χ0) is 12.8. The van der Waals surface area contributed by atoms with Gasteiger partial charge in [0.1, 0.15) is 5.82 Å².